The van der Waals surface area contributed by atoms with E-state index in [9.17, 15) is 14.4 Å². The van der Waals surface area contributed by atoms with Crippen LogP contribution in [0.25, 0.3) is 0 Å². The monoisotopic (exact) mass is 401 g/mol. The van der Waals surface area contributed by atoms with Crippen molar-refractivity contribution in [3.63, 3.8) is 0 Å². The number of carboxylic acid groups (broad SMARTS) is 1. The van der Waals surface area contributed by atoms with Gasteiger partial charge in [-0.3, -0.25) is 9.59 Å². The molecule has 1 aromatic heterocycles. The van der Waals surface area contributed by atoms with Crippen LogP contribution in [0.4, 0.5) is 0 Å². The van der Waals surface area contributed by atoms with E-state index in [-0.39, 0.29) is 36.1 Å². The highest BCUT2D eigenvalue weighted by atomic mass is 16.7. The van der Waals surface area contributed by atoms with Gasteiger partial charge in [-0.2, -0.15) is 0 Å². The number of rotatable bonds is 5. The zero-order chi connectivity index (χ0) is 20.9. The second kappa shape index (κ2) is 7.13. The van der Waals surface area contributed by atoms with Crippen LogP contribution in [0.5, 0.6) is 0 Å². The van der Waals surface area contributed by atoms with Crippen molar-refractivity contribution in [2.75, 3.05) is 0 Å². The third-order valence-corrected chi connectivity index (χ3v) is 6.54. The van der Waals surface area contributed by atoms with Gasteiger partial charge >= 0.3 is 11.9 Å². The van der Waals surface area contributed by atoms with Crippen molar-refractivity contribution in [3.8, 4) is 0 Å². The van der Waals surface area contributed by atoms with Crippen LogP contribution in [-0.2, 0) is 25.6 Å². The first-order chi connectivity index (χ1) is 13.8. The van der Waals surface area contributed by atoms with Crippen LogP contribution in [-0.4, -0.2) is 39.3 Å². The molecule has 1 aromatic rings. The molecule has 0 aliphatic carbocycles. The first-order valence-electron chi connectivity index (χ1n) is 10.3. The summed E-state index contributed by atoms with van der Waals surface area (Å²) in [6.07, 6.45) is 4.11. The topological polar surface area (TPSA) is 94.8 Å². The Kier molecular flexibility index (Phi) is 4.89. The summed E-state index contributed by atoms with van der Waals surface area (Å²) in [5, 5.41) is 9.14. The molecule has 0 bridgehead atoms. The fourth-order valence-corrected chi connectivity index (χ4v) is 5.12. The van der Waals surface area contributed by atoms with Gasteiger partial charge in [-0.1, -0.05) is 13.8 Å². The maximum absolute atomic E-state index is 12.8. The Labute approximate surface area is 169 Å². The summed E-state index contributed by atoms with van der Waals surface area (Å²) in [5.74, 6) is -3.25. The minimum Gasteiger partial charge on any atom is -0.481 e. The molecule has 5 atom stereocenters. The van der Waals surface area contributed by atoms with Gasteiger partial charge in [0.25, 0.3) is 0 Å². The van der Waals surface area contributed by atoms with Crippen LogP contribution in [0.1, 0.15) is 68.6 Å². The van der Waals surface area contributed by atoms with Gasteiger partial charge in [0.1, 0.15) is 0 Å². The lowest BCUT2D eigenvalue weighted by atomic mass is 9.80. The second-order valence-electron chi connectivity index (χ2n) is 8.44. The number of carbonyl (C=O) groups excluding carboxylic acids is 2. The third kappa shape index (κ3) is 3.12. The number of hydrogen-bond acceptors (Lipinski definition) is 5. The van der Waals surface area contributed by atoms with Gasteiger partial charge in [-0.05, 0) is 44.4 Å². The molecule has 0 amide bonds. The van der Waals surface area contributed by atoms with Gasteiger partial charge in [-0.15, -0.1) is 0 Å². The first-order valence-corrected chi connectivity index (χ1v) is 10.3. The van der Waals surface area contributed by atoms with E-state index in [1.165, 1.54) is 0 Å². The molecule has 0 saturated carbocycles. The number of nitrogens with zero attached hydrogens (tertiary/aromatic N) is 1. The van der Waals surface area contributed by atoms with Crippen LogP contribution >= 0.6 is 0 Å². The first kappa shape index (κ1) is 19.9. The van der Waals surface area contributed by atoms with Gasteiger partial charge in [0.2, 0.25) is 5.79 Å². The normalized spacial score (nSPS) is 31.6. The van der Waals surface area contributed by atoms with E-state index < -0.39 is 17.7 Å². The highest BCUT2D eigenvalue weighted by Crippen LogP contribution is 2.54. The second-order valence-corrected chi connectivity index (χ2v) is 8.44. The fourth-order valence-electron chi connectivity index (χ4n) is 5.12. The Bertz CT molecular complexity index is 899. The lowest BCUT2D eigenvalue weighted by molar-refractivity contribution is -0.204. The van der Waals surface area contributed by atoms with E-state index in [0.717, 1.165) is 25.0 Å². The number of esters is 1. The Morgan fingerprint density at radius 3 is 2.76 bits per heavy atom. The molecule has 1 spiro atoms. The number of aromatic nitrogens is 1. The summed E-state index contributed by atoms with van der Waals surface area (Å²) in [7, 11) is 0. The molecule has 0 unspecified atom stereocenters. The Morgan fingerprint density at radius 1 is 1.38 bits per heavy atom. The molecular weight excluding hydrogens is 374 g/mol. The molecular formula is C22H27NO6. The van der Waals surface area contributed by atoms with Gasteiger partial charge in [0.05, 0.1) is 17.7 Å². The number of ether oxygens (including phenoxy) is 2. The summed E-state index contributed by atoms with van der Waals surface area (Å²) >= 11 is 0. The smallest absolute Gasteiger partial charge is 0.336 e. The average Bonchev–Trinajstić information content (AvgIpc) is 3.25. The molecule has 4 rings (SSSR count). The number of Topliss-reactive ketones (excluding diaryl/α,β-unsaturated/α-hetero) is 1. The standard InChI is InChI=1S/C22H27NO6/c1-4-14-19-16-8-7-15(17(24)10-12(2)20(25)26)23(16)9-5-6-18(19)28-22(14)11-13(3)21(27)29-22/h7-8,11-12,14,18-19H,4-6,9-10H2,1-3H3,(H,25,26)/t12-,14-,18+,19+,22-/m0/s1. The van der Waals surface area contributed by atoms with Crippen LogP contribution in [0.2, 0.25) is 0 Å². The van der Waals surface area contributed by atoms with Gasteiger partial charge in [0, 0.05) is 36.1 Å². The van der Waals surface area contributed by atoms with Crippen molar-refractivity contribution < 1.29 is 29.0 Å². The molecule has 0 radical (unpaired) electrons. The molecule has 7 heteroatoms. The van der Waals surface area contributed by atoms with E-state index in [2.05, 4.69) is 6.92 Å². The zero-order valence-corrected chi connectivity index (χ0v) is 17.0. The molecule has 7 nitrogen and oxygen atoms in total. The van der Waals surface area contributed by atoms with E-state index in [4.69, 9.17) is 14.6 Å². The molecule has 4 heterocycles. The van der Waals surface area contributed by atoms with Crippen LogP contribution in [0.15, 0.2) is 23.8 Å². The van der Waals surface area contributed by atoms with Crippen molar-refractivity contribution in [3.05, 3.63) is 35.2 Å². The molecule has 3 aliphatic rings. The number of ketones is 1. The van der Waals surface area contributed by atoms with Gasteiger partial charge < -0.3 is 19.1 Å². The maximum Gasteiger partial charge on any atom is 0.336 e. The van der Waals surface area contributed by atoms with Crippen LogP contribution in [0, 0.1) is 11.8 Å². The third-order valence-electron chi connectivity index (χ3n) is 6.54. The Morgan fingerprint density at radius 2 is 2.14 bits per heavy atom. The van der Waals surface area contributed by atoms with Crippen LogP contribution < -0.4 is 0 Å². The number of hydrogen-bond donors (Lipinski definition) is 1. The lowest BCUT2D eigenvalue weighted by Gasteiger charge is -2.29. The molecule has 0 aromatic carbocycles. The van der Waals surface area contributed by atoms with Gasteiger partial charge in [-0.25, -0.2) is 4.79 Å². The van der Waals surface area contributed by atoms with Crippen molar-refractivity contribution in [2.45, 2.75) is 70.8 Å². The number of aliphatic carboxylic acids is 1. The molecule has 1 saturated heterocycles. The predicted molar refractivity (Wildman–Crippen MR) is 103 cm³/mol. The molecule has 3 aliphatic heterocycles. The largest absolute Gasteiger partial charge is 0.481 e. The summed E-state index contributed by atoms with van der Waals surface area (Å²) in [4.78, 5) is 36.0. The number of fused-ring (bicyclic) bond motifs is 3. The fraction of sp³-hybridized carbons (Fsp3) is 0.591. The van der Waals surface area contributed by atoms with Crippen molar-refractivity contribution in [1.29, 1.82) is 0 Å². The quantitative estimate of drug-likeness (QED) is 0.601. The van der Waals surface area contributed by atoms with Crippen molar-refractivity contribution >= 4 is 17.7 Å². The summed E-state index contributed by atoms with van der Waals surface area (Å²) in [5.41, 5.74) is 2.13. The van der Waals surface area contributed by atoms with Crippen molar-refractivity contribution in [2.24, 2.45) is 11.8 Å². The van der Waals surface area contributed by atoms with E-state index in [0.29, 0.717) is 17.8 Å². The van der Waals surface area contributed by atoms with Crippen molar-refractivity contribution in [1.82, 2.24) is 4.57 Å². The van der Waals surface area contributed by atoms with E-state index in [1.54, 1.807) is 19.9 Å². The molecule has 1 fully saturated rings. The highest BCUT2D eigenvalue weighted by molar-refractivity contribution is 5.97. The maximum atomic E-state index is 12.8. The van der Waals surface area contributed by atoms with Crippen LogP contribution in [0.3, 0.4) is 0 Å². The molecule has 156 valence electrons. The molecule has 29 heavy (non-hydrogen) atoms. The number of carbonyl (C=O) groups is 3. The average molecular weight is 401 g/mol. The lowest BCUT2D eigenvalue weighted by Crippen LogP contribution is -2.36. The van der Waals surface area contributed by atoms with Gasteiger partial charge in [0.15, 0.2) is 5.78 Å². The minimum atomic E-state index is -1.03. The van der Waals surface area contributed by atoms with E-state index in [1.807, 2.05) is 16.7 Å². The number of carboxylic acids is 1. The Hall–Kier alpha value is -2.41. The van der Waals surface area contributed by atoms with E-state index >= 15 is 0 Å². The minimum absolute atomic E-state index is 0.0101. The summed E-state index contributed by atoms with van der Waals surface area (Å²) in [6, 6.07) is 3.76. The SMILES string of the molecule is CC[C@H]1[C@@H]2c3ccc(C(=O)C[C@H](C)C(=O)O)n3CCC[C@H]2O[C@]12C=C(C)C(=O)O2. The zero-order valence-electron chi connectivity index (χ0n) is 17.0. The highest BCUT2D eigenvalue weighted by Gasteiger charge is 2.59. The predicted octanol–water partition coefficient (Wildman–Crippen LogP) is 3.28. The summed E-state index contributed by atoms with van der Waals surface area (Å²) in [6.45, 7) is 6.04. The molecule has 1 N–H and O–H groups in total. The Balaban J connectivity index is 1.69. The summed E-state index contributed by atoms with van der Waals surface area (Å²) < 4.78 is 14.1.